The maximum Gasteiger partial charge on any atom is 0.154 e. The van der Waals surface area contributed by atoms with Gasteiger partial charge < -0.3 is 0 Å². The van der Waals surface area contributed by atoms with Crippen molar-refractivity contribution in [3.05, 3.63) is 41.6 Å². The van der Waals surface area contributed by atoms with Crippen LogP contribution < -0.4 is 0 Å². The molecule has 0 saturated heterocycles. The summed E-state index contributed by atoms with van der Waals surface area (Å²) in [6.07, 6.45) is 1.65. The Morgan fingerprint density at radius 2 is 2.07 bits per heavy atom. The molecular formula is C12H12N2O. The summed E-state index contributed by atoms with van der Waals surface area (Å²) in [5.41, 5.74) is 3.27. The number of benzene rings is 1. The van der Waals surface area contributed by atoms with Gasteiger partial charge in [0, 0.05) is 11.3 Å². The van der Waals surface area contributed by atoms with E-state index < -0.39 is 0 Å². The molecule has 0 amide bonds. The quantitative estimate of drug-likeness (QED) is 0.773. The summed E-state index contributed by atoms with van der Waals surface area (Å²) in [6.45, 7) is 2.00. The Morgan fingerprint density at radius 1 is 1.33 bits per heavy atom. The number of hydrogen-bond acceptors (Lipinski definition) is 2. The predicted octanol–water partition coefficient (Wildman–Crippen LogP) is 2.45. The molecule has 0 unspecified atom stereocenters. The van der Waals surface area contributed by atoms with E-state index in [0.29, 0.717) is 5.56 Å². The van der Waals surface area contributed by atoms with Gasteiger partial charge in [0.25, 0.3) is 0 Å². The number of nitrogens with zero attached hydrogens (tertiary/aromatic N) is 1. The number of aromatic nitrogens is 2. The van der Waals surface area contributed by atoms with Gasteiger partial charge in [-0.05, 0) is 6.42 Å². The van der Waals surface area contributed by atoms with Gasteiger partial charge in [-0.3, -0.25) is 9.89 Å². The van der Waals surface area contributed by atoms with Crippen LogP contribution >= 0.6 is 0 Å². The maximum atomic E-state index is 11.0. The molecule has 15 heavy (non-hydrogen) atoms. The zero-order valence-electron chi connectivity index (χ0n) is 8.53. The molecular weight excluding hydrogens is 188 g/mol. The molecule has 1 N–H and O–H groups in total. The molecule has 2 rings (SSSR count). The number of rotatable bonds is 3. The molecule has 0 atom stereocenters. The first kappa shape index (κ1) is 9.65. The fourth-order valence-corrected chi connectivity index (χ4v) is 1.60. The average Bonchev–Trinajstić information content (AvgIpc) is 2.72. The minimum Gasteiger partial charge on any atom is -0.298 e. The Kier molecular flexibility index (Phi) is 2.63. The molecule has 3 heteroatoms. The van der Waals surface area contributed by atoms with Crippen molar-refractivity contribution < 1.29 is 4.79 Å². The van der Waals surface area contributed by atoms with Crippen LogP contribution in [-0.4, -0.2) is 16.5 Å². The maximum absolute atomic E-state index is 11.0. The van der Waals surface area contributed by atoms with Crippen molar-refractivity contribution in [1.82, 2.24) is 10.2 Å². The predicted molar refractivity (Wildman–Crippen MR) is 58.8 cm³/mol. The van der Waals surface area contributed by atoms with Crippen LogP contribution in [-0.2, 0) is 6.42 Å². The van der Waals surface area contributed by atoms with Gasteiger partial charge in [-0.2, -0.15) is 5.10 Å². The Bertz CT molecular complexity index is 460. The number of aldehydes is 1. The largest absolute Gasteiger partial charge is 0.298 e. The van der Waals surface area contributed by atoms with Crippen LogP contribution in [0.3, 0.4) is 0 Å². The molecule has 0 aliphatic heterocycles. The van der Waals surface area contributed by atoms with Crippen LogP contribution in [0.4, 0.5) is 0 Å². The normalized spacial score (nSPS) is 10.2. The lowest BCUT2D eigenvalue weighted by Crippen LogP contribution is -1.88. The Balaban J connectivity index is 2.54. The molecule has 1 aromatic heterocycles. The molecule has 1 aromatic carbocycles. The van der Waals surface area contributed by atoms with Crippen molar-refractivity contribution in [2.45, 2.75) is 13.3 Å². The van der Waals surface area contributed by atoms with Crippen molar-refractivity contribution in [1.29, 1.82) is 0 Å². The number of H-pyrrole nitrogens is 1. The van der Waals surface area contributed by atoms with Gasteiger partial charge >= 0.3 is 0 Å². The van der Waals surface area contributed by atoms with Crippen LogP contribution in [0.1, 0.15) is 23.0 Å². The zero-order chi connectivity index (χ0) is 10.7. The Labute approximate surface area is 88.1 Å². The van der Waals surface area contributed by atoms with Crippen molar-refractivity contribution in [3.8, 4) is 11.3 Å². The molecule has 0 aliphatic rings. The third-order valence-electron chi connectivity index (χ3n) is 2.40. The van der Waals surface area contributed by atoms with E-state index in [-0.39, 0.29) is 0 Å². The first-order valence-electron chi connectivity index (χ1n) is 4.94. The molecule has 76 valence electrons. The van der Waals surface area contributed by atoms with Crippen LogP contribution in [0.15, 0.2) is 30.3 Å². The van der Waals surface area contributed by atoms with Crippen molar-refractivity contribution in [2.75, 3.05) is 0 Å². The van der Waals surface area contributed by atoms with Gasteiger partial charge in [0.05, 0.1) is 5.56 Å². The Morgan fingerprint density at radius 3 is 2.67 bits per heavy atom. The number of aryl methyl sites for hydroxylation is 1. The highest BCUT2D eigenvalue weighted by Crippen LogP contribution is 2.22. The van der Waals surface area contributed by atoms with E-state index in [9.17, 15) is 4.79 Å². The van der Waals surface area contributed by atoms with Crippen molar-refractivity contribution in [2.24, 2.45) is 0 Å². The van der Waals surface area contributed by atoms with Gasteiger partial charge in [-0.1, -0.05) is 37.3 Å². The minimum absolute atomic E-state index is 0.670. The third kappa shape index (κ3) is 1.68. The molecule has 0 spiro atoms. The fourth-order valence-electron chi connectivity index (χ4n) is 1.60. The molecule has 2 aromatic rings. The second-order valence-corrected chi connectivity index (χ2v) is 3.30. The van der Waals surface area contributed by atoms with E-state index >= 15 is 0 Å². The van der Waals surface area contributed by atoms with Crippen LogP contribution in [0.25, 0.3) is 11.3 Å². The van der Waals surface area contributed by atoms with Crippen molar-refractivity contribution >= 4 is 6.29 Å². The highest BCUT2D eigenvalue weighted by Gasteiger charge is 2.11. The van der Waals surface area contributed by atoms with Gasteiger partial charge in [0.15, 0.2) is 6.29 Å². The molecule has 0 aliphatic carbocycles. The number of carbonyl (C=O) groups excluding carboxylic acids is 1. The smallest absolute Gasteiger partial charge is 0.154 e. The highest BCUT2D eigenvalue weighted by molar-refractivity contribution is 5.87. The number of aromatic amines is 1. The monoisotopic (exact) mass is 200 g/mol. The number of carbonyl (C=O) groups is 1. The summed E-state index contributed by atoms with van der Waals surface area (Å²) < 4.78 is 0. The molecule has 0 saturated carbocycles. The summed E-state index contributed by atoms with van der Waals surface area (Å²) in [4.78, 5) is 11.0. The highest BCUT2D eigenvalue weighted by atomic mass is 16.1. The van der Waals surface area contributed by atoms with Gasteiger partial charge in [-0.25, -0.2) is 0 Å². The zero-order valence-corrected chi connectivity index (χ0v) is 8.53. The molecule has 0 radical (unpaired) electrons. The molecule has 3 nitrogen and oxygen atoms in total. The second-order valence-electron chi connectivity index (χ2n) is 3.30. The van der Waals surface area contributed by atoms with Crippen LogP contribution in [0, 0.1) is 0 Å². The van der Waals surface area contributed by atoms with E-state index in [2.05, 4.69) is 10.2 Å². The average molecular weight is 200 g/mol. The van der Waals surface area contributed by atoms with Crippen LogP contribution in [0.5, 0.6) is 0 Å². The lowest BCUT2D eigenvalue weighted by molar-refractivity contribution is 0.112. The standard InChI is InChI=1S/C12H12N2O/c1-2-11-10(8-15)12(14-13-11)9-6-4-3-5-7-9/h3-8H,2H2,1H3,(H,13,14). The third-order valence-corrected chi connectivity index (χ3v) is 2.40. The first-order chi connectivity index (χ1) is 7.36. The van der Waals surface area contributed by atoms with Gasteiger partial charge in [0.1, 0.15) is 5.69 Å². The fraction of sp³-hybridized carbons (Fsp3) is 0.167. The molecule has 0 bridgehead atoms. The molecule has 1 heterocycles. The molecule has 0 fully saturated rings. The van der Waals surface area contributed by atoms with Gasteiger partial charge in [0.2, 0.25) is 0 Å². The number of nitrogens with one attached hydrogen (secondary N) is 1. The van der Waals surface area contributed by atoms with E-state index in [1.54, 1.807) is 0 Å². The minimum atomic E-state index is 0.670. The van der Waals surface area contributed by atoms with Gasteiger partial charge in [-0.15, -0.1) is 0 Å². The summed E-state index contributed by atoms with van der Waals surface area (Å²) >= 11 is 0. The Hall–Kier alpha value is -1.90. The summed E-state index contributed by atoms with van der Waals surface area (Å²) in [7, 11) is 0. The van der Waals surface area contributed by atoms with Crippen molar-refractivity contribution in [3.63, 3.8) is 0 Å². The summed E-state index contributed by atoms with van der Waals surface area (Å²) in [6, 6.07) is 9.71. The topological polar surface area (TPSA) is 45.8 Å². The van der Waals surface area contributed by atoms with Crippen LogP contribution in [0.2, 0.25) is 0 Å². The van der Waals surface area contributed by atoms with E-state index in [1.165, 1.54) is 0 Å². The lowest BCUT2D eigenvalue weighted by atomic mass is 10.1. The first-order valence-corrected chi connectivity index (χ1v) is 4.94. The summed E-state index contributed by atoms with van der Waals surface area (Å²) in [5, 5.41) is 7.06. The lowest BCUT2D eigenvalue weighted by Gasteiger charge is -1.97. The SMILES string of the molecule is CCc1[nH]nc(-c2ccccc2)c1C=O. The summed E-state index contributed by atoms with van der Waals surface area (Å²) in [5.74, 6) is 0. The van der Waals surface area contributed by atoms with E-state index in [0.717, 1.165) is 29.7 Å². The second kappa shape index (κ2) is 4.09. The van der Waals surface area contributed by atoms with E-state index in [4.69, 9.17) is 0 Å². The number of hydrogen-bond donors (Lipinski definition) is 1. The van der Waals surface area contributed by atoms with E-state index in [1.807, 2.05) is 37.3 Å².